The highest BCUT2D eigenvalue weighted by Gasteiger charge is 2.02. The Balaban J connectivity index is 2.32. The molecule has 86 valence electrons. The largest absolute Gasteiger partial charge is 0.305 e. The summed E-state index contributed by atoms with van der Waals surface area (Å²) in [5.41, 5.74) is 1.16. The van der Waals surface area contributed by atoms with Crippen molar-refractivity contribution in [2.24, 2.45) is 0 Å². The molecule has 0 unspecified atom stereocenters. The molecule has 2 nitrogen and oxygen atoms in total. The minimum absolute atomic E-state index is 0.625. The number of hydrogen-bond donors (Lipinski definition) is 1. The molecule has 0 amide bonds. The van der Waals surface area contributed by atoms with Crippen molar-refractivity contribution < 1.29 is 0 Å². The molecular weight excluding hydrogens is 220 g/mol. The monoisotopic (exact) mass is 236 g/mol. The molecule has 0 aliphatic heterocycles. The normalized spacial score (nSPS) is 10.4. The lowest BCUT2D eigenvalue weighted by Gasteiger charge is -2.17. The maximum atomic E-state index is 6.08. The Kier molecular flexibility index (Phi) is 5.95. The van der Waals surface area contributed by atoms with Gasteiger partial charge in [0.1, 0.15) is 0 Å². The van der Waals surface area contributed by atoms with Crippen molar-refractivity contribution in [3.8, 4) is 12.3 Å². The van der Waals surface area contributed by atoms with Crippen LogP contribution < -0.4 is 5.32 Å². The number of nitrogens with one attached hydrogen (secondary N) is 1. The second-order valence-electron chi connectivity index (χ2n) is 3.71. The number of hydrogen-bond acceptors (Lipinski definition) is 2. The van der Waals surface area contributed by atoms with Crippen molar-refractivity contribution in [2.45, 2.75) is 6.54 Å². The van der Waals surface area contributed by atoms with Gasteiger partial charge in [-0.15, -0.1) is 6.42 Å². The Bertz CT molecular complexity index is 357. The van der Waals surface area contributed by atoms with Crippen molar-refractivity contribution in [3.63, 3.8) is 0 Å². The van der Waals surface area contributed by atoms with E-state index in [1.54, 1.807) is 0 Å². The first-order valence-corrected chi connectivity index (χ1v) is 5.68. The Morgan fingerprint density at radius 1 is 1.44 bits per heavy atom. The summed E-state index contributed by atoms with van der Waals surface area (Å²) in [6.45, 7) is 3.33. The summed E-state index contributed by atoms with van der Waals surface area (Å²) in [6.07, 6.45) is 5.15. The Morgan fingerprint density at radius 3 is 2.88 bits per heavy atom. The molecule has 0 aliphatic carbocycles. The van der Waals surface area contributed by atoms with Crippen LogP contribution in [0.15, 0.2) is 24.3 Å². The van der Waals surface area contributed by atoms with E-state index in [0.717, 1.165) is 30.2 Å². The lowest BCUT2D eigenvalue weighted by molar-refractivity contribution is 0.327. The molecule has 0 heterocycles. The van der Waals surface area contributed by atoms with Gasteiger partial charge in [0.2, 0.25) is 0 Å². The summed E-state index contributed by atoms with van der Waals surface area (Å²) in [6, 6.07) is 7.92. The Morgan fingerprint density at radius 2 is 2.19 bits per heavy atom. The Labute approximate surface area is 103 Å². The molecule has 0 saturated carbocycles. The van der Waals surface area contributed by atoms with Crippen LogP contribution >= 0.6 is 11.6 Å². The maximum Gasteiger partial charge on any atom is 0.0574 e. The molecule has 1 rings (SSSR count). The third-order valence-corrected chi connectivity index (χ3v) is 2.66. The van der Waals surface area contributed by atoms with Crippen LogP contribution in [0.25, 0.3) is 0 Å². The van der Waals surface area contributed by atoms with Gasteiger partial charge in [-0.05, 0) is 18.7 Å². The topological polar surface area (TPSA) is 15.3 Å². The predicted octanol–water partition coefficient (Wildman–Crippen LogP) is 1.99. The van der Waals surface area contributed by atoms with Gasteiger partial charge in [0, 0.05) is 24.7 Å². The van der Waals surface area contributed by atoms with E-state index in [1.807, 2.05) is 24.3 Å². The zero-order chi connectivity index (χ0) is 11.8. The third kappa shape index (κ3) is 4.67. The molecule has 0 saturated heterocycles. The number of benzene rings is 1. The van der Waals surface area contributed by atoms with E-state index in [1.165, 1.54) is 0 Å². The van der Waals surface area contributed by atoms with Gasteiger partial charge in [-0.25, -0.2) is 0 Å². The average molecular weight is 237 g/mol. The molecule has 0 fully saturated rings. The molecule has 0 radical (unpaired) electrons. The average Bonchev–Trinajstić information content (AvgIpc) is 2.28. The van der Waals surface area contributed by atoms with E-state index >= 15 is 0 Å². The van der Waals surface area contributed by atoms with Crippen molar-refractivity contribution in [3.05, 3.63) is 34.9 Å². The molecule has 1 N–H and O–H groups in total. The highest BCUT2D eigenvalue weighted by molar-refractivity contribution is 6.31. The predicted molar refractivity (Wildman–Crippen MR) is 69.5 cm³/mol. The maximum absolute atomic E-state index is 6.08. The van der Waals surface area contributed by atoms with Gasteiger partial charge < -0.3 is 10.2 Å². The van der Waals surface area contributed by atoms with E-state index < -0.39 is 0 Å². The summed E-state index contributed by atoms with van der Waals surface area (Å²) < 4.78 is 0. The number of likely N-dealkylation sites (N-methyl/N-ethyl adjacent to an activating group) is 1. The van der Waals surface area contributed by atoms with Crippen LogP contribution in [0.5, 0.6) is 0 Å². The second kappa shape index (κ2) is 7.29. The van der Waals surface area contributed by atoms with E-state index in [0.29, 0.717) is 6.54 Å². The lowest BCUT2D eigenvalue weighted by atomic mass is 10.2. The van der Waals surface area contributed by atoms with Crippen LogP contribution in [-0.2, 0) is 6.54 Å². The van der Waals surface area contributed by atoms with E-state index in [4.69, 9.17) is 18.0 Å². The lowest BCUT2D eigenvalue weighted by Crippen LogP contribution is -2.29. The van der Waals surface area contributed by atoms with Gasteiger partial charge in [-0.2, -0.15) is 0 Å². The van der Waals surface area contributed by atoms with Gasteiger partial charge >= 0.3 is 0 Å². The number of nitrogens with zero attached hydrogens (tertiary/aromatic N) is 1. The fraction of sp³-hybridized carbons (Fsp3) is 0.385. The van der Waals surface area contributed by atoms with Crippen molar-refractivity contribution in [1.82, 2.24) is 10.2 Å². The van der Waals surface area contributed by atoms with Crippen LogP contribution in [-0.4, -0.2) is 31.6 Å². The Hall–Kier alpha value is -1.01. The molecule has 3 heteroatoms. The third-order valence-electron chi connectivity index (χ3n) is 2.30. The first-order chi connectivity index (χ1) is 7.74. The number of halogens is 1. The fourth-order valence-corrected chi connectivity index (χ4v) is 1.62. The summed E-state index contributed by atoms with van der Waals surface area (Å²) in [5, 5.41) is 3.98. The zero-order valence-electron chi connectivity index (χ0n) is 9.54. The highest BCUT2D eigenvalue weighted by atomic mass is 35.5. The van der Waals surface area contributed by atoms with Gasteiger partial charge in [-0.1, -0.05) is 35.7 Å². The van der Waals surface area contributed by atoms with Crippen LogP contribution in [0.4, 0.5) is 0 Å². The SMILES string of the molecule is C#CCNCCN(C)Cc1ccccc1Cl. The van der Waals surface area contributed by atoms with Crippen LogP contribution in [0.1, 0.15) is 5.56 Å². The van der Waals surface area contributed by atoms with Crippen LogP contribution in [0.3, 0.4) is 0 Å². The van der Waals surface area contributed by atoms with Gasteiger partial charge in [0.25, 0.3) is 0 Å². The molecule has 0 spiro atoms. The van der Waals surface area contributed by atoms with Crippen LogP contribution in [0, 0.1) is 12.3 Å². The quantitative estimate of drug-likeness (QED) is 0.601. The first-order valence-electron chi connectivity index (χ1n) is 5.30. The molecule has 0 bridgehead atoms. The van der Waals surface area contributed by atoms with E-state index in [-0.39, 0.29) is 0 Å². The van der Waals surface area contributed by atoms with Gasteiger partial charge in [0.15, 0.2) is 0 Å². The summed E-state index contributed by atoms with van der Waals surface area (Å²) in [5.74, 6) is 2.55. The van der Waals surface area contributed by atoms with Crippen LogP contribution in [0.2, 0.25) is 5.02 Å². The summed E-state index contributed by atoms with van der Waals surface area (Å²) in [4.78, 5) is 2.21. The van der Waals surface area contributed by atoms with Crippen molar-refractivity contribution >= 4 is 11.6 Å². The second-order valence-corrected chi connectivity index (χ2v) is 4.12. The number of terminal acetylenes is 1. The molecule has 0 aromatic heterocycles. The highest BCUT2D eigenvalue weighted by Crippen LogP contribution is 2.15. The fourth-order valence-electron chi connectivity index (χ4n) is 1.43. The zero-order valence-corrected chi connectivity index (χ0v) is 10.3. The van der Waals surface area contributed by atoms with E-state index in [2.05, 4.69) is 23.2 Å². The van der Waals surface area contributed by atoms with E-state index in [9.17, 15) is 0 Å². The summed E-state index contributed by atoms with van der Waals surface area (Å²) in [7, 11) is 2.07. The van der Waals surface area contributed by atoms with Gasteiger partial charge in [-0.3, -0.25) is 0 Å². The minimum atomic E-state index is 0.625. The smallest absolute Gasteiger partial charge is 0.0574 e. The number of rotatable bonds is 6. The van der Waals surface area contributed by atoms with Gasteiger partial charge in [0.05, 0.1) is 6.54 Å². The molecule has 1 aromatic carbocycles. The summed E-state index contributed by atoms with van der Waals surface area (Å²) >= 11 is 6.08. The molecular formula is C13H17ClN2. The molecule has 1 aromatic rings. The first kappa shape index (κ1) is 13.1. The molecule has 16 heavy (non-hydrogen) atoms. The molecule has 0 atom stereocenters. The molecule has 0 aliphatic rings. The van der Waals surface area contributed by atoms with Crippen molar-refractivity contribution in [1.29, 1.82) is 0 Å². The van der Waals surface area contributed by atoms with Crippen molar-refractivity contribution in [2.75, 3.05) is 26.7 Å². The standard InChI is InChI=1S/C13H17ClN2/c1-3-8-15-9-10-16(2)11-12-6-4-5-7-13(12)14/h1,4-7,15H,8-11H2,2H3. The minimum Gasteiger partial charge on any atom is -0.305 e.